The first-order valence-corrected chi connectivity index (χ1v) is 12.9. The number of hydrogen-bond donors (Lipinski definition) is 2. The molecule has 0 saturated carbocycles. The summed E-state index contributed by atoms with van der Waals surface area (Å²) in [5, 5.41) is 2.81. The Kier molecular flexibility index (Phi) is 7.64. The number of nitrogens with two attached hydrogens (primary N) is 1. The Morgan fingerprint density at radius 1 is 1.18 bits per heavy atom. The quantitative estimate of drug-likeness (QED) is 0.346. The highest BCUT2D eigenvalue weighted by molar-refractivity contribution is 6.04. The molecule has 0 radical (unpaired) electrons. The van der Waals surface area contributed by atoms with Crippen LogP contribution >= 0.6 is 0 Å². The monoisotopic (exact) mass is 525 g/mol. The largest absolute Gasteiger partial charge is 0.382 e. The van der Waals surface area contributed by atoms with Crippen LogP contribution in [0, 0.1) is 6.92 Å². The first-order valence-electron chi connectivity index (χ1n) is 12.9. The van der Waals surface area contributed by atoms with Crippen LogP contribution in [0.4, 0.5) is 11.6 Å². The van der Waals surface area contributed by atoms with Crippen LogP contribution in [-0.2, 0) is 9.53 Å². The number of nitrogens with zero attached hydrogens (tertiary/aromatic N) is 5. The number of carbonyl (C=O) groups excluding carboxylic acids is 2. The van der Waals surface area contributed by atoms with E-state index in [1.807, 2.05) is 40.6 Å². The second-order valence-electron chi connectivity index (χ2n) is 9.45. The van der Waals surface area contributed by atoms with Crippen molar-refractivity contribution in [3.8, 4) is 11.3 Å². The summed E-state index contributed by atoms with van der Waals surface area (Å²) in [7, 11) is 1.59. The third kappa shape index (κ3) is 5.37. The number of ether oxygens (including phenoxy) is 1. The van der Waals surface area contributed by atoms with Gasteiger partial charge in [-0.25, -0.2) is 15.0 Å². The molecule has 3 N–H and O–H groups in total. The fourth-order valence-electron chi connectivity index (χ4n) is 5.01. The SMILES string of the molecule is COCC=CC(=O)N1CCCCC1c1nc(-c2ccc(C(=O)Nc3ccccn3)cc2C)c2c(N)nccn12. The number of rotatable bonds is 7. The number of aryl methyl sites for hydroxylation is 1. The zero-order valence-electron chi connectivity index (χ0n) is 22.0. The molecule has 0 spiro atoms. The van der Waals surface area contributed by atoms with E-state index in [2.05, 4.69) is 15.3 Å². The Morgan fingerprint density at radius 2 is 2.05 bits per heavy atom. The number of likely N-dealkylation sites (tertiary alicyclic amines) is 1. The molecule has 1 aromatic carbocycles. The molecular weight excluding hydrogens is 494 g/mol. The summed E-state index contributed by atoms with van der Waals surface area (Å²) in [5.74, 6) is 1.24. The summed E-state index contributed by atoms with van der Waals surface area (Å²) in [6.45, 7) is 2.95. The van der Waals surface area contributed by atoms with Gasteiger partial charge in [0.15, 0.2) is 0 Å². The zero-order chi connectivity index (χ0) is 27.4. The lowest BCUT2D eigenvalue weighted by atomic mass is 10.0. The molecule has 1 saturated heterocycles. The lowest BCUT2D eigenvalue weighted by Gasteiger charge is -2.34. The molecule has 1 aliphatic rings. The molecule has 2 amide bonds. The number of hydrogen-bond acceptors (Lipinski definition) is 7. The first kappa shape index (κ1) is 26.1. The smallest absolute Gasteiger partial charge is 0.256 e. The third-order valence-corrected chi connectivity index (χ3v) is 6.87. The fraction of sp³-hybridized carbons (Fsp3) is 0.276. The number of pyridine rings is 1. The number of nitrogen functional groups attached to an aromatic ring is 1. The molecule has 1 unspecified atom stereocenters. The Bertz CT molecular complexity index is 1530. The zero-order valence-corrected chi connectivity index (χ0v) is 22.0. The van der Waals surface area contributed by atoms with Crippen molar-refractivity contribution < 1.29 is 14.3 Å². The van der Waals surface area contributed by atoms with Crippen LogP contribution in [0.25, 0.3) is 16.8 Å². The molecule has 200 valence electrons. The maximum absolute atomic E-state index is 13.1. The van der Waals surface area contributed by atoms with E-state index in [9.17, 15) is 9.59 Å². The summed E-state index contributed by atoms with van der Waals surface area (Å²) < 4.78 is 6.99. The molecule has 10 heteroatoms. The number of methoxy groups -OCH3 is 1. The number of fused-ring (bicyclic) bond motifs is 1. The molecular formula is C29H31N7O3. The molecule has 3 aromatic heterocycles. The lowest BCUT2D eigenvalue weighted by molar-refractivity contribution is -0.130. The highest BCUT2D eigenvalue weighted by atomic mass is 16.5. The number of benzene rings is 1. The number of amides is 2. The number of nitrogens with one attached hydrogen (secondary N) is 1. The summed E-state index contributed by atoms with van der Waals surface area (Å²) >= 11 is 0. The predicted molar refractivity (Wildman–Crippen MR) is 149 cm³/mol. The molecule has 39 heavy (non-hydrogen) atoms. The van der Waals surface area contributed by atoms with Crippen LogP contribution in [0.1, 0.15) is 47.1 Å². The van der Waals surface area contributed by atoms with Crippen LogP contribution in [0.15, 0.2) is 67.1 Å². The van der Waals surface area contributed by atoms with Crippen LogP contribution in [0.3, 0.4) is 0 Å². The van der Waals surface area contributed by atoms with Crippen molar-refractivity contribution in [2.45, 2.75) is 32.2 Å². The molecule has 1 atom stereocenters. The minimum absolute atomic E-state index is 0.0727. The molecule has 0 aliphatic carbocycles. The van der Waals surface area contributed by atoms with Crippen molar-refractivity contribution in [3.63, 3.8) is 0 Å². The predicted octanol–water partition coefficient (Wildman–Crippen LogP) is 4.19. The van der Waals surface area contributed by atoms with E-state index >= 15 is 0 Å². The van der Waals surface area contributed by atoms with Crippen molar-refractivity contribution >= 4 is 29.0 Å². The van der Waals surface area contributed by atoms with E-state index in [-0.39, 0.29) is 17.9 Å². The topological polar surface area (TPSA) is 128 Å². The van der Waals surface area contributed by atoms with Gasteiger partial charge in [-0.3, -0.25) is 14.0 Å². The van der Waals surface area contributed by atoms with Crippen molar-refractivity contribution in [2.75, 3.05) is 31.3 Å². The second kappa shape index (κ2) is 11.4. The Balaban J connectivity index is 1.52. The van der Waals surface area contributed by atoms with E-state index in [0.717, 1.165) is 36.2 Å². The Labute approximate surface area is 226 Å². The van der Waals surface area contributed by atoms with Crippen LogP contribution < -0.4 is 11.1 Å². The highest BCUT2D eigenvalue weighted by Gasteiger charge is 2.32. The van der Waals surface area contributed by atoms with Crippen molar-refractivity contribution in [3.05, 3.63) is 84.1 Å². The molecule has 0 bridgehead atoms. The molecule has 4 aromatic rings. The van der Waals surface area contributed by atoms with E-state index in [1.165, 1.54) is 0 Å². The van der Waals surface area contributed by atoms with Gasteiger partial charge in [0.25, 0.3) is 5.91 Å². The van der Waals surface area contributed by atoms with Gasteiger partial charge in [-0.1, -0.05) is 18.2 Å². The number of piperidine rings is 1. The van der Waals surface area contributed by atoms with Gasteiger partial charge < -0.3 is 20.7 Å². The van der Waals surface area contributed by atoms with Gasteiger partial charge in [0, 0.05) is 49.4 Å². The maximum Gasteiger partial charge on any atom is 0.256 e. The Hall–Kier alpha value is -4.57. The normalized spacial score (nSPS) is 15.6. The fourth-order valence-corrected chi connectivity index (χ4v) is 5.01. The minimum atomic E-state index is -0.252. The van der Waals surface area contributed by atoms with Gasteiger partial charge in [0.05, 0.1) is 12.6 Å². The van der Waals surface area contributed by atoms with Gasteiger partial charge in [0.2, 0.25) is 5.91 Å². The summed E-state index contributed by atoms with van der Waals surface area (Å²) in [6.07, 6.45) is 11.1. The molecule has 5 rings (SSSR count). The summed E-state index contributed by atoms with van der Waals surface area (Å²) in [6, 6.07) is 10.6. The molecule has 1 fully saturated rings. The second-order valence-corrected chi connectivity index (χ2v) is 9.45. The highest BCUT2D eigenvalue weighted by Crippen LogP contribution is 2.37. The van der Waals surface area contributed by atoms with Crippen LogP contribution in [0.5, 0.6) is 0 Å². The molecule has 1 aliphatic heterocycles. The number of aromatic nitrogens is 4. The summed E-state index contributed by atoms with van der Waals surface area (Å²) in [4.78, 5) is 41.3. The first-order chi connectivity index (χ1) is 19.0. The van der Waals surface area contributed by atoms with Gasteiger partial charge in [-0.15, -0.1) is 0 Å². The minimum Gasteiger partial charge on any atom is -0.382 e. The lowest BCUT2D eigenvalue weighted by Crippen LogP contribution is -2.38. The molecule has 4 heterocycles. The van der Waals surface area contributed by atoms with E-state index in [1.54, 1.807) is 49.9 Å². The Morgan fingerprint density at radius 3 is 2.82 bits per heavy atom. The number of anilines is 2. The van der Waals surface area contributed by atoms with E-state index < -0.39 is 0 Å². The summed E-state index contributed by atoms with van der Waals surface area (Å²) in [5.41, 5.74) is 9.91. The third-order valence-electron chi connectivity index (χ3n) is 6.87. The maximum atomic E-state index is 13.1. The van der Waals surface area contributed by atoms with Crippen molar-refractivity contribution in [1.82, 2.24) is 24.3 Å². The van der Waals surface area contributed by atoms with Gasteiger partial charge in [0.1, 0.15) is 28.7 Å². The molecule has 10 nitrogen and oxygen atoms in total. The van der Waals surface area contributed by atoms with Gasteiger partial charge in [-0.2, -0.15) is 0 Å². The van der Waals surface area contributed by atoms with E-state index in [4.69, 9.17) is 15.5 Å². The van der Waals surface area contributed by atoms with Crippen molar-refractivity contribution in [2.24, 2.45) is 0 Å². The average molecular weight is 526 g/mol. The van der Waals surface area contributed by atoms with Crippen LogP contribution in [0.2, 0.25) is 0 Å². The van der Waals surface area contributed by atoms with E-state index in [0.29, 0.717) is 41.6 Å². The standard InChI is InChI=1S/C29H31N7O3/c1-19-18-20(29(38)33-23-9-3-5-13-31-23)11-12-21(19)25-26-27(30)32-14-16-36(26)28(34-25)22-8-4-6-15-35(22)24(37)10-7-17-39-2/h3,5,7,9-14,16,18,22H,4,6,8,15,17H2,1-2H3,(H2,30,32)(H,31,33,38). The number of imidazole rings is 1. The van der Waals surface area contributed by atoms with Gasteiger partial charge in [-0.05, 0) is 56.0 Å². The van der Waals surface area contributed by atoms with Crippen molar-refractivity contribution in [1.29, 1.82) is 0 Å². The van der Waals surface area contributed by atoms with Gasteiger partial charge >= 0.3 is 0 Å². The number of carbonyl (C=O) groups is 2. The average Bonchev–Trinajstić information content (AvgIpc) is 3.34. The van der Waals surface area contributed by atoms with Crippen LogP contribution in [-0.4, -0.2) is 56.3 Å².